The van der Waals surface area contributed by atoms with Crippen molar-refractivity contribution in [3.8, 4) is 0 Å². The van der Waals surface area contributed by atoms with Crippen LogP contribution >= 0.6 is 0 Å². The number of carbonyl (C=O) groups is 1. The molecular weight excluding hydrogens is 152 g/mol. The van der Waals surface area contributed by atoms with E-state index in [1.807, 2.05) is 0 Å². The SMILES string of the molecule is C[C@@H]1CC2(CCNCC2)C(=O)N1. The van der Waals surface area contributed by atoms with Gasteiger partial charge in [0.1, 0.15) is 0 Å². The van der Waals surface area contributed by atoms with Crippen LogP contribution in [0.15, 0.2) is 0 Å². The lowest BCUT2D eigenvalue weighted by Crippen LogP contribution is -2.41. The van der Waals surface area contributed by atoms with E-state index in [1.54, 1.807) is 0 Å². The average Bonchev–Trinajstić information content (AvgIpc) is 2.29. The minimum atomic E-state index is -0.00926. The van der Waals surface area contributed by atoms with Crippen molar-refractivity contribution in [3.05, 3.63) is 0 Å². The van der Waals surface area contributed by atoms with Crippen LogP contribution in [-0.2, 0) is 4.79 Å². The van der Waals surface area contributed by atoms with Gasteiger partial charge in [0, 0.05) is 6.04 Å². The molecular formula is C9H16N2O. The van der Waals surface area contributed by atoms with Gasteiger partial charge >= 0.3 is 0 Å². The predicted octanol–water partition coefficient (Wildman–Crippen LogP) is 0.265. The Morgan fingerprint density at radius 2 is 2.08 bits per heavy atom. The molecule has 2 fully saturated rings. The molecule has 0 aromatic rings. The lowest BCUT2D eigenvalue weighted by atomic mass is 9.77. The van der Waals surface area contributed by atoms with Gasteiger partial charge in [0.15, 0.2) is 0 Å². The van der Waals surface area contributed by atoms with Crippen LogP contribution in [0, 0.1) is 5.41 Å². The quantitative estimate of drug-likeness (QED) is 0.545. The van der Waals surface area contributed by atoms with Gasteiger partial charge < -0.3 is 10.6 Å². The van der Waals surface area contributed by atoms with Crippen LogP contribution in [0.5, 0.6) is 0 Å². The Morgan fingerprint density at radius 3 is 2.58 bits per heavy atom. The summed E-state index contributed by atoms with van der Waals surface area (Å²) in [5.41, 5.74) is -0.00926. The molecule has 1 amide bonds. The van der Waals surface area contributed by atoms with Gasteiger partial charge in [-0.1, -0.05) is 0 Å². The van der Waals surface area contributed by atoms with Crippen LogP contribution in [0.3, 0.4) is 0 Å². The van der Waals surface area contributed by atoms with E-state index < -0.39 is 0 Å². The number of piperidine rings is 1. The summed E-state index contributed by atoms with van der Waals surface area (Å²) in [4.78, 5) is 11.6. The molecule has 0 saturated carbocycles. The summed E-state index contributed by atoms with van der Waals surface area (Å²) in [6, 6.07) is 0.385. The monoisotopic (exact) mass is 168 g/mol. The first-order chi connectivity index (χ1) is 5.73. The second-order valence-corrected chi connectivity index (χ2v) is 4.11. The highest BCUT2D eigenvalue weighted by atomic mass is 16.2. The average molecular weight is 168 g/mol. The smallest absolute Gasteiger partial charge is 0.226 e. The summed E-state index contributed by atoms with van der Waals surface area (Å²) >= 11 is 0. The fourth-order valence-corrected chi connectivity index (χ4v) is 2.44. The number of carbonyl (C=O) groups excluding carboxylic acids is 1. The van der Waals surface area contributed by atoms with Crippen molar-refractivity contribution in [3.63, 3.8) is 0 Å². The number of rotatable bonds is 0. The van der Waals surface area contributed by atoms with Crippen LogP contribution in [0.2, 0.25) is 0 Å². The zero-order valence-corrected chi connectivity index (χ0v) is 7.52. The minimum Gasteiger partial charge on any atom is -0.353 e. The van der Waals surface area contributed by atoms with Crippen LogP contribution in [0.4, 0.5) is 0 Å². The largest absolute Gasteiger partial charge is 0.353 e. The number of nitrogens with one attached hydrogen (secondary N) is 2. The summed E-state index contributed by atoms with van der Waals surface area (Å²) in [5, 5.41) is 6.30. The van der Waals surface area contributed by atoms with Crippen LogP contribution in [0.1, 0.15) is 26.2 Å². The molecule has 2 aliphatic heterocycles. The van der Waals surface area contributed by atoms with Crippen molar-refractivity contribution < 1.29 is 4.79 Å². The maximum Gasteiger partial charge on any atom is 0.226 e. The van der Waals surface area contributed by atoms with E-state index in [1.165, 1.54) is 0 Å². The molecule has 0 aromatic carbocycles. The molecule has 1 atom stereocenters. The molecule has 2 heterocycles. The Kier molecular flexibility index (Phi) is 1.83. The molecule has 0 radical (unpaired) electrons. The van der Waals surface area contributed by atoms with E-state index in [0.717, 1.165) is 32.4 Å². The zero-order chi connectivity index (χ0) is 8.60. The Balaban J connectivity index is 2.13. The molecule has 2 N–H and O–H groups in total. The molecule has 0 bridgehead atoms. The number of hydrogen-bond donors (Lipinski definition) is 2. The van der Waals surface area contributed by atoms with E-state index in [-0.39, 0.29) is 11.3 Å². The lowest BCUT2D eigenvalue weighted by Gasteiger charge is -2.30. The number of amides is 1. The first kappa shape index (κ1) is 8.05. The van der Waals surface area contributed by atoms with E-state index in [4.69, 9.17) is 0 Å². The van der Waals surface area contributed by atoms with Crippen molar-refractivity contribution >= 4 is 5.91 Å². The van der Waals surface area contributed by atoms with Gasteiger partial charge in [0.2, 0.25) is 5.91 Å². The number of hydrogen-bond acceptors (Lipinski definition) is 2. The van der Waals surface area contributed by atoms with E-state index in [0.29, 0.717) is 6.04 Å². The van der Waals surface area contributed by atoms with Crippen molar-refractivity contribution in [1.82, 2.24) is 10.6 Å². The first-order valence-electron chi connectivity index (χ1n) is 4.75. The zero-order valence-electron chi connectivity index (χ0n) is 7.52. The summed E-state index contributed by atoms with van der Waals surface area (Å²) in [6.45, 7) is 4.09. The molecule has 3 nitrogen and oxygen atoms in total. The third-order valence-corrected chi connectivity index (χ3v) is 3.12. The van der Waals surface area contributed by atoms with Gasteiger partial charge in [-0.25, -0.2) is 0 Å². The second kappa shape index (κ2) is 2.73. The van der Waals surface area contributed by atoms with Gasteiger partial charge in [-0.2, -0.15) is 0 Å². The molecule has 2 saturated heterocycles. The molecule has 3 heteroatoms. The molecule has 68 valence electrons. The third kappa shape index (κ3) is 1.12. The van der Waals surface area contributed by atoms with Gasteiger partial charge in [-0.15, -0.1) is 0 Å². The highest BCUT2D eigenvalue weighted by Gasteiger charge is 2.45. The van der Waals surface area contributed by atoms with Crippen molar-refractivity contribution in [2.45, 2.75) is 32.2 Å². The van der Waals surface area contributed by atoms with Gasteiger partial charge in [-0.05, 0) is 39.3 Å². The molecule has 0 unspecified atom stereocenters. The standard InChI is InChI=1S/C9H16N2O/c1-7-6-9(8(12)11-7)2-4-10-5-3-9/h7,10H,2-6H2,1H3,(H,11,12)/t7-/m1/s1. The van der Waals surface area contributed by atoms with Gasteiger partial charge in [0.05, 0.1) is 5.41 Å². The van der Waals surface area contributed by atoms with Crippen LogP contribution < -0.4 is 10.6 Å². The maximum absolute atomic E-state index is 11.6. The van der Waals surface area contributed by atoms with Gasteiger partial charge in [0.25, 0.3) is 0 Å². The highest BCUT2D eigenvalue weighted by Crippen LogP contribution is 2.38. The predicted molar refractivity (Wildman–Crippen MR) is 46.8 cm³/mol. The molecule has 2 aliphatic rings. The van der Waals surface area contributed by atoms with E-state index in [2.05, 4.69) is 17.6 Å². The third-order valence-electron chi connectivity index (χ3n) is 3.12. The minimum absolute atomic E-state index is 0.00926. The molecule has 0 aromatic heterocycles. The van der Waals surface area contributed by atoms with Crippen LogP contribution in [0.25, 0.3) is 0 Å². The Morgan fingerprint density at radius 1 is 1.42 bits per heavy atom. The summed E-state index contributed by atoms with van der Waals surface area (Å²) < 4.78 is 0. The Labute approximate surface area is 72.9 Å². The second-order valence-electron chi connectivity index (χ2n) is 4.11. The lowest BCUT2D eigenvalue weighted by molar-refractivity contribution is -0.128. The van der Waals surface area contributed by atoms with Gasteiger partial charge in [-0.3, -0.25) is 4.79 Å². The van der Waals surface area contributed by atoms with Crippen molar-refractivity contribution in [1.29, 1.82) is 0 Å². The summed E-state index contributed by atoms with van der Waals surface area (Å²) in [7, 11) is 0. The molecule has 12 heavy (non-hydrogen) atoms. The molecule has 0 aliphatic carbocycles. The normalized spacial score (nSPS) is 33.8. The van der Waals surface area contributed by atoms with Crippen LogP contribution in [-0.4, -0.2) is 25.0 Å². The first-order valence-corrected chi connectivity index (χ1v) is 4.75. The summed E-state index contributed by atoms with van der Waals surface area (Å²) in [5.74, 6) is 0.288. The van der Waals surface area contributed by atoms with Crippen molar-refractivity contribution in [2.24, 2.45) is 5.41 Å². The fourth-order valence-electron chi connectivity index (χ4n) is 2.44. The Hall–Kier alpha value is -0.570. The molecule has 2 rings (SSSR count). The van der Waals surface area contributed by atoms with Crippen molar-refractivity contribution in [2.75, 3.05) is 13.1 Å². The molecule has 1 spiro atoms. The Bertz CT molecular complexity index is 197. The highest BCUT2D eigenvalue weighted by molar-refractivity contribution is 5.85. The van der Waals surface area contributed by atoms with E-state index >= 15 is 0 Å². The maximum atomic E-state index is 11.6. The fraction of sp³-hybridized carbons (Fsp3) is 0.889. The summed E-state index contributed by atoms with van der Waals surface area (Å²) in [6.07, 6.45) is 3.07. The van der Waals surface area contributed by atoms with E-state index in [9.17, 15) is 4.79 Å². The topological polar surface area (TPSA) is 41.1 Å².